The third-order valence-corrected chi connectivity index (χ3v) is 6.72. The van der Waals surface area contributed by atoms with E-state index >= 15 is 0 Å². The second kappa shape index (κ2) is 8.81. The number of piperazine rings is 1. The van der Waals surface area contributed by atoms with Gasteiger partial charge in [-0.25, -0.2) is 12.8 Å². The van der Waals surface area contributed by atoms with Gasteiger partial charge in [0, 0.05) is 44.8 Å². The van der Waals surface area contributed by atoms with Gasteiger partial charge in [-0.3, -0.25) is 9.69 Å². The molecule has 28 heavy (non-hydrogen) atoms. The average molecular weight is 405 g/mol. The number of amides is 1. The first-order valence-electron chi connectivity index (χ1n) is 9.19. The van der Waals surface area contributed by atoms with Gasteiger partial charge in [0.25, 0.3) is 5.91 Å². The highest BCUT2D eigenvalue weighted by Gasteiger charge is 2.28. The number of benzene rings is 2. The lowest BCUT2D eigenvalue weighted by Crippen LogP contribution is -2.50. The number of hydrogen-bond donors (Lipinski definition) is 1. The monoisotopic (exact) mass is 405 g/mol. The third-order valence-electron chi connectivity index (χ3n) is 4.81. The smallest absolute Gasteiger partial charge is 0.251 e. The third kappa shape index (κ3) is 4.95. The van der Waals surface area contributed by atoms with E-state index < -0.39 is 10.0 Å². The molecule has 3 rings (SSSR count). The van der Waals surface area contributed by atoms with Crippen LogP contribution >= 0.6 is 0 Å². The van der Waals surface area contributed by atoms with Crippen molar-refractivity contribution in [3.63, 3.8) is 0 Å². The maximum Gasteiger partial charge on any atom is 0.251 e. The van der Waals surface area contributed by atoms with E-state index in [-0.39, 0.29) is 11.7 Å². The lowest BCUT2D eigenvalue weighted by molar-refractivity contribution is 0.0945. The van der Waals surface area contributed by atoms with Crippen molar-refractivity contribution in [1.29, 1.82) is 0 Å². The van der Waals surface area contributed by atoms with E-state index in [4.69, 9.17) is 0 Å². The average Bonchev–Trinajstić information content (AvgIpc) is 2.69. The fourth-order valence-corrected chi connectivity index (χ4v) is 4.51. The second-order valence-electron chi connectivity index (χ2n) is 6.82. The summed E-state index contributed by atoms with van der Waals surface area (Å²) in [5, 5.41) is 2.80. The fraction of sp³-hybridized carbons (Fsp3) is 0.350. The Morgan fingerprint density at radius 1 is 1.00 bits per heavy atom. The van der Waals surface area contributed by atoms with Gasteiger partial charge in [0.05, 0.1) is 4.90 Å². The molecule has 1 saturated heterocycles. The number of nitrogens with one attached hydrogen (secondary N) is 1. The van der Waals surface area contributed by atoms with Crippen LogP contribution in [0.15, 0.2) is 53.4 Å². The van der Waals surface area contributed by atoms with Gasteiger partial charge in [-0.15, -0.1) is 0 Å². The van der Waals surface area contributed by atoms with Crippen LogP contribution in [0.5, 0.6) is 0 Å². The first kappa shape index (κ1) is 20.4. The molecular formula is C20H24FN3O3S. The summed E-state index contributed by atoms with van der Waals surface area (Å²) in [7, 11) is -3.47. The number of hydrogen-bond acceptors (Lipinski definition) is 4. The number of carbonyl (C=O) groups is 1. The van der Waals surface area contributed by atoms with Crippen molar-refractivity contribution >= 4 is 15.9 Å². The summed E-state index contributed by atoms with van der Waals surface area (Å²) in [6.07, 6.45) is 0. The molecule has 0 aliphatic carbocycles. The molecule has 1 N–H and O–H groups in total. The summed E-state index contributed by atoms with van der Waals surface area (Å²) in [6.45, 7) is 5.05. The molecule has 8 heteroatoms. The van der Waals surface area contributed by atoms with Crippen LogP contribution < -0.4 is 5.32 Å². The molecule has 0 radical (unpaired) electrons. The molecule has 0 bridgehead atoms. The molecule has 150 valence electrons. The highest BCUT2D eigenvalue weighted by atomic mass is 32.2. The quantitative estimate of drug-likeness (QED) is 0.797. The predicted molar refractivity (Wildman–Crippen MR) is 105 cm³/mol. The minimum atomic E-state index is -3.47. The Bertz CT molecular complexity index is 907. The van der Waals surface area contributed by atoms with E-state index in [9.17, 15) is 17.6 Å². The summed E-state index contributed by atoms with van der Waals surface area (Å²) >= 11 is 0. The molecule has 2 aromatic rings. The minimum absolute atomic E-state index is 0.249. The fourth-order valence-electron chi connectivity index (χ4n) is 3.08. The lowest BCUT2D eigenvalue weighted by atomic mass is 10.2. The van der Waals surface area contributed by atoms with Crippen molar-refractivity contribution in [3.05, 3.63) is 65.5 Å². The van der Waals surface area contributed by atoms with E-state index in [1.54, 1.807) is 24.3 Å². The Balaban J connectivity index is 1.45. The summed E-state index contributed by atoms with van der Waals surface area (Å²) in [5.41, 5.74) is 1.43. The molecular weight excluding hydrogens is 381 g/mol. The number of rotatable bonds is 6. The van der Waals surface area contributed by atoms with Gasteiger partial charge in [-0.1, -0.05) is 17.7 Å². The zero-order valence-corrected chi connectivity index (χ0v) is 16.6. The largest absolute Gasteiger partial charge is 0.351 e. The van der Waals surface area contributed by atoms with Gasteiger partial charge in [0.1, 0.15) is 5.82 Å². The van der Waals surface area contributed by atoms with Gasteiger partial charge in [-0.2, -0.15) is 4.31 Å². The molecule has 1 heterocycles. The molecule has 1 fully saturated rings. The summed E-state index contributed by atoms with van der Waals surface area (Å²) in [5.74, 6) is -0.629. The number of halogens is 1. The number of carbonyl (C=O) groups excluding carboxylic acids is 1. The Hall–Kier alpha value is -2.29. The van der Waals surface area contributed by atoms with Crippen LogP contribution in [0.2, 0.25) is 0 Å². The van der Waals surface area contributed by atoms with Crippen LogP contribution in [-0.2, 0) is 10.0 Å². The first-order valence-corrected chi connectivity index (χ1v) is 10.6. The Kier molecular flexibility index (Phi) is 6.43. The van der Waals surface area contributed by atoms with Crippen molar-refractivity contribution in [2.24, 2.45) is 0 Å². The number of nitrogens with zero attached hydrogens (tertiary/aromatic N) is 2. The molecule has 0 atom stereocenters. The SMILES string of the molecule is Cc1ccc(S(=O)(=O)N2CCN(CCNC(=O)c3ccc(F)cc3)CC2)cc1. The summed E-state index contributed by atoms with van der Waals surface area (Å²) in [6, 6.07) is 12.3. The highest BCUT2D eigenvalue weighted by molar-refractivity contribution is 7.89. The Morgan fingerprint density at radius 3 is 2.21 bits per heavy atom. The Morgan fingerprint density at radius 2 is 1.61 bits per heavy atom. The van der Waals surface area contributed by atoms with E-state index in [2.05, 4.69) is 10.2 Å². The van der Waals surface area contributed by atoms with Crippen LogP contribution in [0.25, 0.3) is 0 Å². The maximum absolute atomic E-state index is 12.9. The van der Waals surface area contributed by atoms with Crippen LogP contribution in [-0.4, -0.2) is 62.8 Å². The first-order chi connectivity index (χ1) is 13.4. The number of aryl methyl sites for hydroxylation is 1. The number of sulfonamides is 1. The zero-order valence-electron chi connectivity index (χ0n) is 15.8. The van der Waals surface area contributed by atoms with Crippen molar-refractivity contribution in [2.75, 3.05) is 39.3 Å². The molecule has 0 saturated carbocycles. The molecule has 1 amide bonds. The lowest BCUT2D eigenvalue weighted by Gasteiger charge is -2.34. The van der Waals surface area contributed by atoms with Gasteiger partial charge in [-0.05, 0) is 43.3 Å². The summed E-state index contributed by atoms with van der Waals surface area (Å²) < 4.78 is 39.8. The van der Waals surface area contributed by atoms with E-state index in [0.29, 0.717) is 49.7 Å². The van der Waals surface area contributed by atoms with E-state index in [0.717, 1.165) is 5.56 Å². The molecule has 0 unspecified atom stereocenters. The van der Waals surface area contributed by atoms with Crippen LogP contribution in [0.1, 0.15) is 15.9 Å². The van der Waals surface area contributed by atoms with Crippen molar-refractivity contribution in [3.8, 4) is 0 Å². The van der Waals surface area contributed by atoms with Gasteiger partial charge < -0.3 is 5.32 Å². The highest BCUT2D eigenvalue weighted by Crippen LogP contribution is 2.18. The molecule has 1 aliphatic rings. The van der Waals surface area contributed by atoms with Crippen LogP contribution in [0, 0.1) is 12.7 Å². The standard InChI is InChI=1S/C20H24FN3O3S/c1-16-2-8-19(9-3-16)28(26,27)24-14-12-23(13-15-24)11-10-22-20(25)17-4-6-18(21)7-5-17/h2-9H,10-15H2,1H3,(H,22,25). The van der Waals surface area contributed by atoms with Crippen molar-refractivity contribution < 1.29 is 17.6 Å². The predicted octanol–water partition coefficient (Wildman–Crippen LogP) is 1.87. The van der Waals surface area contributed by atoms with Gasteiger partial charge in [0.15, 0.2) is 0 Å². The molecule has 2 aromatic carbocycles. The van der Waals surface area contributed by atoms with Crippen LogP contribution in [0.4, 0.5) is 4.39 Å². The molecule has 1 aliphatic heterocycles. The topological polar surface area (TPSA) is 69.7 Å². The minimum Gasteiger partial charge on any atom is -0.351 e. The summed E-state index contributed by atoms with van der Waals surface area (Å²) in [4.78, 5) is 14.5. The van der Waals surface area contributed by atoms with Crippen molar-refractivity contribution in [2.45, 2.75) is 11.8 Å². The van der Waals surface area contributed by atoms with E-state index in [1.165, 1.54) is 28.6 Å². The van der Waals surface area contributed by atoms with Crippen molar-refractivity contribution in [1.82, 2.24) is 14.5 Å². The maximum atomic E-state index is 12.9. The molecule has 6 nitrogen and oxygen atoms in total. The van der Waals surface area contributed by atoms with E-state index in [1.807, 2.05) is 6.92 Å². The molecule has 0 spiro atoms. The Labute approximate surface area is 165 Å². The zero-order chi connectivity index (χ0) is 20.1. The van der Waals surface area contributed by atoms with Crippen LogP contribution in [0.3, 0.4) is 0 Å². The van der Waals surface area contributed by atoms with Gasteiger partial charge in [0.2, 0.25) is 10.0 Å². The second-order valence-corrected chi connectivity index (χ2v) is 8.76. The molecule has 0 aromatic heterocycles. The normalized spacial score (nSPS) is 16.1. The van der Waals surface area contributed by atoms with Gasteiger partial charge >= 0.3 is 0 Å².